The van der Waals surface area contributed by atoms with Gasteiger partial charge in [0.2, 0.25) is 0 Å². The molecule has 0 rings (SSSR count). The van der Waals surface area contributed by atoms with Gasteiger partial charge in [-0.25, -0.2) is 0 Å². The predicted octanol–water partition coefficient (Wildman–Crippen LogP) is -1.01. The van der Waals surface area contributed by atoms with Gasteiger partial charge in [-0.2, -0.15) is 0 Å². The van der Waals surface area contributed by atoms with Crippen molar-refractivity contribution < 1.29 is 47.6 Å². The average Bonchev–Trinajstić information content (AvgIpc) is 1.72. The Kier molecular flexibility index (Phi) is 28.2. The van der Waals surface area contributed by atoms with Gasteiger partial charge >= 0.3 is 63.8 Å². The molecule has 0 saturated heterocycles. The fraction of sp³-hybridized carbons (Fsp3) is 0. The van der Waals surface area contributed by atoms with Gasteiger partial charge in [0.1, 0.15) is 0 Å². The minimum atomic E-state index is -1.59. The van der Waals surface area contributed by atoms with Crippen LogP contribution in [0.1, 0.15) is 0 Å². The van der Waals surface area contributed by atoms with Gasteiger partial charge in [0.05, 0.1) is 0 Å². The van der Waals surface area contributed by atoms with E-state index in [9.17, 15) is 5.37 Å². The van der Waals surface area contributed by atoms with Crippen molar-refractivity contribution in [2.75, 3.05) is 0 Å². The Morgan fingerprint density at radius 3 is 1.67 bits per heavy atom. The van der Waals surface area contributed by atoms with Crippen LogP contribution in [0, 0.1) is 0 Å². The molecule has 0 amide bonds. The minimum absolute atomic E-state index is 0.611. The van der Waals surface area contributed by atoms with E-state index < -0.39 is 38.4 Å². The Bertz CT molecular complexity index is 40.1. The van der Waals surface area contributed by atoms with Crippen LogP contribution < -0.4 is 0 Å². The van der Waals surface area contributed by atoms with Crippen molar-refractivity contribution in [3.63, 3.8) is 0 Å². The molecule has 0 bridgehead atoms. The zero-order valence-corrected chi connectivity index (χ0v) is 8.82. The Balaban J connectivity index is 0. The van der Waals surface area contributed by atoms with Gasteiger partial charge in [0.25, 0.3) is 0 Å². The zero-order valence-electron chi connectivity index (χ0n) is 3.01. The molecule has 6 heteroatoms. The van der Waals surface area contributed by atoms with E-state index in [1.54, 1.807) is 0 Å². The van der Waals surface area contributed by atoms with Crippen molar-refractivity contribution >= 4 is 16.2 Å². The number of hydrogen-bond donors (Lipinski definition) is 0. The van der Waals surface area contributed by atoms with Crippen molar-refractivity contribution in [1.82, 2.24) is 0 Å². The Labute approximate surface area is 62.6 Å². The third-order valence-electron chi connectivity index (χ3n) is 0.0481. The van der Waals surface area contributed by atoms with Gasteiger partial charge < -0.3 is 0 Å². The normalized spacial score (nSPS) is 2.50. The van der Waals surface area contributed by atoms with Crippen LogP contribution in [0.4, 0.5) is 0 Å². The second kappa shape index (κ2) is 15.9. The van der Waals surface area contributed by atoms with E-state index in [-0.39, 0.29) is 0 Å². The average molecular weight is 213 g/mol. The quantitative estimate of drug-likeness (QED) is 0.524. The molecule has 3 nitrogen and oxygen atoms in total. The summed E-state index contributed by atoms with van der Waals surface area (Å²) < 4.78 is 26.7. The standard InChI is InChI=1S/Al.3O.Ti.Y.H. The summed E-state index contributed by atoms with van der Waals surface area (Å²) in [6.45, 7) is 0. The molecule has 0 radical (unpaired) electrons. The molecule has 0 spiro atoms. The first kappa shape index (κ1) is 10.7. The Morgan fingerprint density at radius 1 is 1.50 bits per heavy atom. The summed E-state index contributed by atoms with van der Waals surface area (Å²) in [6, 6.07) is 0. The first-order valence-electron chi connectivity index (χ1n) is 1.02. The van der Waals surface area contributed by atoms with E-state index in [0.29, 0.717) is 16.2 Å². The van der Waals surface area contributed by atoms with Crippen LogP contribution in [-0.2, 0) is 47.6 Å². The summed E-state index contributed by atoms with van der Waals surface area (Å²) >= 11 is -2.08. The van der Waals surface area contributed by atoms with Crippen LogP contribution in [-0.4, -0.2) is 16.2 Å². The Hall–Kier alpha value is 1.75. The van der Waals surface area contributed by atoms with Gasteiger partial charge in [-0.3, -0.25) is 0 Å². The first-order chi connectivity index (χ1) is 2.91. The molecule has 0 aliphatic rings. The summed E-state index contributed by atoms with van der Waals surface area (Å²) in [4.78, 5) is 0. The second-order valence-corrected chi connectivity index (χ2v) is 5.75. The van der Waals surface area contributed by atoms with Crippen molar-refractivity contribution in [3.8, 4) is 0 Å². The van der Waals surface area contributed by atoms with E-state index in [1.165, 1.54) is 0 Å². The van der Waals surface area contributed by atoms with Gasteiger partial charge in [-0.1, -0.05) is 0 Å². The van der Waals surface area contributed by atoms with E-state index in [4.69, 9.17) is 3.80 Å². The fourth-order valence-corrected chi connectivity index (χ4v) is 0. The molecule has 0 aromatic rings. The molecular formula is HAlO3TiY. The number of rotatable bonds is 1. The second-order valence-electron chi connectivity index (χ2n) is 0.236. The maximum absolute atomic E-state index is 9.23. The summed E-state index contributed by atoms with van der Waals surface area (Å²) in [5, 5.41) is 0. The molecule has 29 valence electrons. The molecule has 0 aliphatic heterocycles. The molecule has 0 saturated carbocycles. The maximum atomic E-state index is 9.23. The van der Waals surface area contributed by atoms with Crippen LogP contribution >= 0.6 is 0 Å². The monoisotopic (exact) mass is 213 g/mol. The SMILES string of the molecule is [O]=[AlH].[O]=[Ti][Y]=[O]. The van der Waals surface area contributed by atoms with Crippen molar-refractivity contribution in [1.29, 1.82) is 0 Å². The van der Waals surface area contributed by atoms with E-state index >= 15 is 0 Å². The van der Waals surface area contributed by atoms with Crippen molar-refractivity contribution in [2.24, 2.45) is 0 Å². The van der Waals surface area contributed by atoms with Crippen molar-refractivity contribution in [2.45, 2.75) is 0 Å². The van der Waals surface area contributed by atoms with Crippen LogP contribution in [0.3, 0.4) is 0 Å². The molecule has 0 atom stereocenters. The third-order valence-corrected chi connectivity index (χ3v) is 1.17. The van der Waals surface area contributed by atoms with Crippen LogP contribution in [0.15, 0.2) is 0 Å². The van der Waals surface area contributed by atoms with E-state index in [0.717, 1.165) is 0 Å². The van der Waals surface area contributed by atoms with E-state index in [1.807, 2.05) is 0 Å². The molecule has 0 aromatic carbocycles. The van der Waals surface area contributed by atoms with Gasteiger partial charge in [-0.15, -0.1) is 0 Å². The fourth-order valence-electron chi connectivity index (χ4n) is 0. The van der Waals surface area contributed by atoms with Gasteiger partial charge in [0.15, 0.2) is 0 Å². The topological polar surface area (TPSA) is 51.2 Å². The van der Waals surface area contributed by atoms with Crippen LogP contribution in [0.25, 0.3) is 0 Å². The molecule has 0 unspecified atom stereocenters. The molecule has 0 aromatic heterocycles. The van der Waals surface area contributed by atoms with Crippen LogP contribution in [0.5, 0.6) is 0 Å². The summed E-state index contributed by atoms with van der Waals surface area (Å²) in [6.07, 6.45) is 0. The number of hydrogen-bond acceptors (Lipinski definition) is 3. The molecular weight excluding hydrogens is 212 g/mol. The molecule has 0 N–H and O–H groups in total. The van der Waals surface area contributed by atoms with Crippen molar-refractivity contribution in [3.05, 3.63) is 0 Å². The molecule has 6 heavy (non-hydrogen) atoms. The van der Waals surface area contributed by atoms with E-state index in [2.05, 4.69) is 0 Å². The van der Waals surface area contributed by atoms with Gasteiger partial charge in [0, 0.05) is 0 Å². The summed E-state index contributed by atoms with van der Waals surface area (Å²) in [5.74, 6) is 0. The molecule has 0 aliphatic carbocycles. The summed E-state index contributed by atoms with van der Waals surface area (Å²) in [7, 11) is 0. The predicted molar refractivity (Wildman–Crippen MR) is 9.21 cm³/mol. The summed E-state index contributed by atoms with van der Waals surface area (Å²) in [5.41, 5.74) is 0. The third kappa shape index (κ3) is 17.2. The molecule has 0 fully saturated rings. The van der Waals surface area contributed by atoms with Gasteiger partial charge in [-0.05, 0) is 0 Å². The zero-order chi connectivity index (χ0) is 5.41. The molecule has 0 heterocycles. The Morgan fingerprint density at radius 2 is 1.67 bits per heavy atom. The first-order valence-corrected chi connectivity index (χ1v) is 10.1. The van der Waals surface area contributed by atoms with Crippen LogP contribution in [0.2, 0.25) is 0 Å².